The minimum Gasteiger partial charge on any atom is -0.614 e. The minimum atomic E-state index is 0.619. The molecule has 2 aromatic rings. The summed E-state index contributed by atoms with van der Waals surface area (Å²) in [5.41, 5.74) is 0.619. The van der Waals surface area contributed by atoms with Crippen LogP contribution in [-0.4, -0.2) is 11.1 Å². The fourth-order valence-electron chi connectivity index (χ4n) is 1.25. The van der Waals surface area contributed by atoms with Gasteiger partial charge in [-0.05, 0) is 0 Å². The molecule has 0 aliphatic rings. The summed E-state index contributed by atoms with van der Waals surface area (Å²) in [6.45, 7) is 0. The fourth-order valence-corrected chi connectivity index (χ4v) is 1.25. The van der Waals surface area contributed by atoms with E-state index in [1.807, 2.05) is 48.8 Å². The molecule has 1 aromatic heterocycles. The van der Waals surface area contributed by atoms with E-state index in [2.05, 4.69) is 0 Å². The van der Waals surface area contributed by atoms with Gasteiger partial charge in [0.25, 0.3) is 0 Å². The molecule has 15 heavy (non-hydrogen) atoms. The number of aromatic nitrogens is 1. The molecule has 0 atom stereocenters. The first kappa shape index (κ1) is 9.40. The van der Waals surface area contributed by atoms with Crippen LogP contribution in [0.5, 0.6) is 0 Å². The average Bonchev–Trinajstić information content (AvgIpc) is 2.31. The Labute approximate surface area is 88.1 Å². The third-order valence-electron chi connectivity index (χ3n) is 1.99. The minimum absolute atomic E-state index is 0.619. The molecule has 1 heterocycles. The second kappa shape index (κ2) is 4.37. The van der Waals surface area contributed by atoms with E-state index in [1.165, 1.54) is 6.34 Å². The summed E-state index contributed by atoms with van der Waals surface area (Å²) < 4.78 is 2.54. The highest BCUT2D eigenvalue weighted by Gasteiger charge is 2.03. The van der Waals surface area contributed by atoms with Gasteiger partial charge in [-0.3, -0.25) is 0 Å². The molecule has 0 aliphatic heterocycles. The van der Waals surface area contributed by atoms with Crippen LogP contribution in [0.3, 0.4) is 0 Å². The Balaban J connectivity index is 2.29. The van der Waals surface area contributed by atoms with E-state index < -0.39 is 0 Å². The SMILES string of the molecule is [O-]/[N+](=C/[n+]1ccccc1)c1ccccc1. The predicted octanol–water partition coefficient (Wildman–Crippen LogP) is 1.69. The van der Waals surface area contributed by atoms with E-state index in [9.17, 15) is 5.21 Å². The summed E-state index contributed by atoms with van der Waals surface area (Å²) in [5, 5.41) is 11.7. The van der Waals surface area contributed by atoms with E-state index in [0.717, 1.165) is 4.74 Å². The molecule has 74 valence electrons. The lowest BCUT2D eigenvalue weighted by Crippen LogP contribution is -2.35. The van der Waals surface area contributed by atoms with Crippen molar-refractivity contribution in [3.63, 3.8) is 0 Å². The van der Waals surface area contributed by atoms with Crippen LogP contribution in [0.25, 0.3) is 0 Å². The van der Waals surface area contributed by atoms with Gasteiger partial charge in [0.05, 0.1) is 0 Å². The summed E-state index contributed by atoms with van der Waals surface area (Å²) in [4.78, 5) is 0. The molecule has 0 saturated heterocycles. The van der Waals surface area contributed by atoms with Crippen molar-refractivity contribution in [2.75, 3.05) is 0 Å². The number of rotatable bonds is 2. The van der Waals surface area contributed by atoms with Crippen molar-refractivity contribution < 1.29 is 9.31 Å². The third-order valence-corrected chi connectivity index (χ3v) is 1.99. The van der Waals surface area contributed by atoms with Crippen LogP contribution in [0.4, 0.5) is 5.69 Å². The first-order chi connectivity index (χ1) is 7.36. The number of pyridine rings is 1. The largest absolute Gasteiger partial charge is 0.614 e. The fraction of sp³-hybridized carbons (Fsp3) is 0. The van der Waals surface area contributed by atoms with Gasteiger partial charge in [-0.1, -0.05) is 24.3 Å². The zero-order valence-electron chi connectivity index (χ0n) is 8.15. The molecule has 0 aliphatic carbocycles. The van der Waals surface area contributed by atoms with Gasteiger partial charge in [0.2, 0.25) is 5.69 Å². The Morgan fingerprint density at radius 3 is 2.20 bits per heavy atom. The van der Waals surface area contributed by atoms with E-state index in [-0.39, 0.29) is 0 Å². The van der Waals surface area contributed by atoms with Crippen molar-refractivity contribution >= 4 is 12.0 Å². The number of hydrogen-bond acceptors (Lipinski definition) is 1. The molecule has 0 fully saturated rings. The Morgan fingerprint density at radius 2 is 1.53 bits per heavy atom. The van der Waals surface area contributed by atoms with Gasteiger partial charge < -0.3 is 5.21 Å². The highest BCUT2D eigenvalue weighted by Crippen LogP contribution is 2.07. The van der Waals surface area contributed by atoms with Crippen molar-refractivity contribution in [2.24, 2.45) is 0 Å². The van der Waals surface area contributed by atoms with Gasteiger partial charge >= 0.3 is 6.34 Å². The van der Waals surface area contributed by atoms with Gasteiger partial charge in [0.15, 0.2) is 12.4 Å². The van der Waals surface area contributed by atoms with Crippen LogP contribution in [0, 0.1) is 5.21 Å². The van der Waals surface area contributed by atoms with Gasteiger partial charge in [0.1, 0.15) is 0 Å². The monoisotopic (exact) mass is 199 g/mol. The standard InChI is InChI=1S/C12H11N2O/c15-14(12-7-3-1-4-8-12)11-13-9-5-2-6-10-13/h1-11H/q+1/b14-11+. The average molecular weight is 199 g/mol. The molecular formula is C12H11N2O+. The lowest BCUT2D eigenvalue weighted by Gasteiger charge is -1.98. The second-order valence-electron chi connectivity index (χ2n) is 3.10. The molecule has 3 nitrogen and oxygen atoms in total. The summed E-state index contributed by atoms with van der Waals surface area (Å²) in [6, 6.07) is 14.7. The third kappa shape index (κ3) is 2.40. The van der Waals surface area contributed by atoms with E-state index in [0.29, 0.717) is 5.69 Å². The maximum atomic E-state index is 11.7. The summed E-state index contributed by atoms with van der Waals surface area (Å²) in [6.07, 6.45) is 5.11. The first-order valence-electron chi connectivity index (χ1n) is 4.68. The highest BCUT2D eigenvalue weighted by molar-refractivity contribution is 5.42. The summed E-state index contributed by atoms with van der Waals surface area (Å²) in [7, 11) is 0. The Morgan fingerprint density at radius 1 is 0.933 bits per heavy atom. The highest BCUT2D eigenvalue weighted by atomic mass is 16.5. The molecule has 0 spiro atoms. The predicted molar refractivity (Wildman–Crippen MR) is 57.8 cm³/mol. The van der Waals surface area contributed by atoms with Crippen molar-refractivity contribution in [2.45, 2.75) is 0 Å². The molecule has 1 aromatic carbocycles. The Bertz CT molecular complexity index is 452. The normalized spacial score (nSPS) is 11.3. The smallest absolute Gasteiger partial charge is 0.423 e. The zero-order chi connectivity index (χ0) is 10.5. The van der Waals surface area contributed by atoms with Gasteiger partial charge in [-0.25, -0.2) is 0 Å². The number of nitrogens with zero attached hydrogens (tertiary/aromatic N) is 2. The lowest BCUT2D eigenvalue weighted by molar-refractivity contribution is -0.591. The van der Waals surface area contributed by atoms with Crippen LogP contribution >= 0.6 is 0 Å². The van der Waals surface area contributed by atoms with E-state index in [4.69, 9.17) is 0 Å². The molecule has 0 radical (unpaired) electrons. The van der Waals surface area contributed by atoms with Gasteiger partial charge in [-0.2, -0.15) is 0 Å². The van der Waals surface area contributed by atoms with Gasteiger partial charge in [-0.15, -0.1) is 9.31 Å². The zero-order valence-corrected chi connectivity index (χ0v) is 8.15. The Kier molecular flexibility index (Phi) is 2.74. The van der Waals surface area contributed by atoms with Crippen molar-refractivity contribution in [1.82, 2.24) is 0 Å². The van der Waals surface area contributed by atoms with Crippen LogP contribution < -0.4 is 4.57 Å². The topological polar surface area (TPSA) is 29.9 Å². The second-order valence-corrected chi connectivity index (χ2v) is 3.10. The van der Waals surface area contributed by atoms with Crippen LogP contribution in [0.15, 0.2) is 60.9 Å². The molecule has 0 bridgehead atoms. The van der Waals surface area contributed by atoms with Crippen molar-refractivity contribution in [1.29, 1.82) is 0 Å². The molecular weight excluding hydrogens is 188 g/mol. The van der Waals surface area contributed by atoms with Crippen LogP contribution in [0.1, 0.15) is 0 Å². The quantitative estimate of drug-likeness (QED) is 0.238. The molecule has 0 N–H and O–H groups in total. The maximum Gasteiger partial charge on any atom is 0.423 e. The molecule has 2 rings (SSSR count). The van der Waals surface area contributed by atoms with Gasteiger partial charge in [0, 0.05) is 24.3 Å². The number of hydrogen-bond donors (Lipinski definition) is 0. The summed E-state index contributed by atoms with van der Waals surface area (Å²) >= 11 is 0. The van der Waals surface area contributed by atoms with Crippen molar-refractivity contribution in [3.05, 3.63) is 66.1 Å². The van der Waals surface area contributed by atoms with Crippen LogP contribution in [-0.2, 0) is 0 Å². The first-order valence-corrected chi connectivity index (χ1v) is 4.68. The maximum absolute atomic E-state index is 11.7. The molecule has 3 heteroatoms. The number of para-hydroxylation sites is 1. The molecule has 0 unspecified atom stereocenters. The number of benzene rings is 1. The lowest BCUT2D eigenvalue weighted by atomic mass is 10.3. The summed E-state index contributed by atoms with van der Waals surface area (Å²) in [5.74, 6) is 0. The van der Waals surface area contributed by atoms with E-state index in [1.54, 1.807) is 16.7 Å². The van der Waals surface area contributed by atoms with Crippen LogP contribution in [0.2, 0.25) is 0 Å². The molecule has 0 saturated carbocycles. The Hall–Kier alpha value is -2.16. The van der Waals surface area contributed by atoms with Crippen molar-refractivity contribution in [3.8, 4) is 0 Å². The van der Waals surface area contributed by atoms with E-state index >= 15 is 0 Å². The molecule has 0 amide bonds.